The Morgan fingerprint density at radius 2 is 2.57 bits per heavy atom. The second-order valence-corrected chi connectivity index (χ2v) is 4.98. The van der Waals surface area contributed by atoms with Crippen LogP contribution in [0.5, 0.6) is 0 Å². The lowest BCUT2D eigenvalue weighted by molar-refractivity contribution is 0.172. The summed E-state index contributed by atoms with van der Waals surface area (Å²) < 4.78 is 5.15. The summed E-state index contributed by atoms with van der Waals surface area (Å²) in [5.74, 6) is 0.800. The van der Waals surface area contributed by atoms with E-state index in [0.717, 1.165) is 19.1 Å². The summed E-state index contributed by atoms with van der Waals surface area (Å²) in [6.45, 7) is 1.99. The molecular weight excluding hydrogens is 194 g/mol. The number of ether oxygens (including phenoxy) is 1. The van der Waals surface area contributed by atoms with E-state index >= 15 is 0 Å². The van der Waals surface area contributed by atoms with E-state index in [-0.39, 0.29) is 0 Å². The number of nitrogens with one attached hydrogen (secondary N) is 1. The molecule has 0 radical (unpaired) electrons. The summed E-state index contributed by atoms with van der Waals surface area (Å²) in [5, 5.41) is 5.66. The predicted molar refractivity (Wildman–Crippen MR) is 59.8 cm³/mol. The summed E-state index contributed by atoms with van der Waals surface area (Å²) in [4.78, 5) is 1.51. The molecule has 1 saturated heterocycles. The first-order valence-corrected chi connectivity index (χ1v) is 6.01. The van der Waals surface area contributed by atoms with Crippen LogP contribution in [0.3, 0.4) is 0 Å². The Morgan fingerprint density at radius 3 is 3.29 bits per heavy atom. The summed E-state index contributed by atoms with van der Waals surface area (Å²) in [5.41, 5.74) is 0. The van der Waals surface area contributed by atoms with Crippen molar-refractivity contribution < 1.29 is 4.74 Å². The van der Waals surface area contributed by atoms with Gasteiger partial charge in [0.05, 0.1) is 6.61 Å². The topological polar surface area (TPSA) is 21.3 Å². The molecule has 3 heteroatoms. The number of thiophene rings is 1. The fraction of sp³-hybridized carbons (Fsp3) is 0.636. The van der Waals surface area contributed by atoms with Crippen LogP contribution in [0, 0.1) is 5.92 Å². The number of rotatable bonds is 4. The van der Waals surface area contributed by atoms with Crippen molar-refractivity contribution in [3.63, 3.8) is 0 Å². The van der Waals surface area contributed by atoms with Crippen molar-refractivity contribution in [3.8, 4) is 0 Å². The molecule has 1 fully saturated rings. The Bertz CT molecular complexity index is 260. The molecule has 0 bridgehead atoms. The Hall–Kier alpha value is -0.380. The maximum Gasteiger partial charge on any atom is 0.0615 e. The third-order valence-electron chi connectivity index (χ3n) is 2.75. The molecular formula is C11H17NOS. The van der Waals surface area contributed by atoms with Gasteiger partial charge in [0.25, 0.3) is 0 Å². The highest BCUT2D eigenvalue weighted by Crippen LogP contribution is 2.21. The highest BCUT2D eigenvalue weighted by atomic mass is 32.1. The third kappa shape index (κ3) is 2.56. The zero-order valence-electron chi connectivity index (χ0n) is 8.53. The first kappa shape index (κ1) is 10.1. The molecule has 78 valence electrons. The van der Waals surface area contributed by atoms with Gasteiger partial charge in [0.15, 0.2) is 0 Å². The Labute approximate surface area is 89.3 Å². The maximum atomic E-state index is 5.15. The minimum Gasteiger partial charge on any atom is -0.383 e. The molecule has 0 spiro atoms. The molecule has 1 aromatic heterocycles. The first-order valence-electron chi connectivity index (χ1n) is 5.13. The average Bonchev–Trinajstić information content (AvgIpc) is 2.79. The van der Waals surface area contributed by atoms with Crippen LogP contribution in [0.4, 0.5) is 0 Å². The summed E-state index contributed by atoms with van der Waals surface area (Å²) >= 11 is 1.87. The van der Waals surface area contributed by atoms with Crippen LogP contribution in [0.25, 0.3) is 0 Å². The second kappa shape index (κ2) is 4.91. The Kier molecular flexibility index (Phi) is 3.56. The van der Waals surface area contributed by atoms with Crippen LogP contribution >= 0.6 is 11.3 Å². The van der Waals surface area contributed by atoms with E-state index in [2.05, 4.69) is 22.8 Å². The van der Waals surface area contributed by atoms with E-state index < -0.39 is 0 Å². The number of hydrogen-bond acceptors (Lipinski definition) is 3. The van der Waals surface area contributed by atoms with Crippen molar-refractivity contribution in [2.24, 2.45) is 5.92 Å². The van der Waals surface area contributed by atoms with Gasteiger partial charge >= 0.3 is 0 Å². The quantitative estimate of drug-likeness (QED) is 0.821. The minimum absolute atomic E-state index is 0.574. The van der Waals surface area contributed by atoms with E-state index in [1.165, 1.54) is 17.7 Å². The van der Waals surface area contributed by atoms with Crippen molar-refractivity contribution >= 4 is 11.3 Å². The van der Waals surface area contributed by atoms with Crippen LogP contribution in [0.15, 0.2) is 17.5 Å². The van der Waals surface area contributed by atoms with Crippen LogP contribution in [-0.4, -0.2) is 26.3 Å². The van der Waals surface area contributed by atoms with Crippen molar-refractivity contribution in [2.45, 2.75) is 18.9 Å². The second-order valence-electron chi connectivity index (χ2n) is 3.95. The molecule has 1 aromatic rings. The fourth-order valence-corrected chi connectivity index (χ4v) is 2.92. The molecule has 0 aliphatic carbocycles. The lowest BCUT2D eigenvalue weighted by atomic mass is 10.0. The monoisotopic (exact) mass is 211 g/mol. The zero-order chi connectivity index (χ0) is 9.80. The summed E-state index contributed by atoms with van der Waals surface area (Å²) in [6.07, 6.45) is 2.48. The molecule has 1 aliphatic heterocycles. The molecule has 2 rings (SSSR count). The zero-order valence-corrected chi connectivity index (χ0v) is 9.35. The van der Waals surface area contributed by atoms with Gasteiger partial charge in [-0.15, -0.1) is 11.3 Å². The van der Waals surface area contributed by atoms with Gasteiger partial charge in [-0.3, -0.25) is 0 Å². The number of hydrogen-bond donors (Lipinski definition) is 1. The van der Waals surface area contributed by atoms with Crippen LogP contribution in [0.2, 0.25) is 0 Å². The van der Waals surface area contributed by atoms with E-state index in [4.69, 9.17) is 4.74 Å². The van der Waals surface area contributed by atoms with Gasteiger partial charge in [-0.05, 0) is 36.8 Å². The van der Waals surface area contributed by atoms with Gasteiger partial charge in [-0.2, -0.15) is 0 Å². The third-order valence-corrected chi connectivity index (χ3v) is 3.65. The normalized spacial score (nSPS) is 26.9. The summed E-state index contributed by atoms with van der Waals surface area (Å²) in [6, 6.07) is 4.94. The van der Waals surface area contributed by atoms with Gasteiger partial charge in [-0.25, -0.2) is 0 Å². The van der Waals surface area contributed by atoms with E-state index in [0.29, 0.717) is 6.04 Å². The average molecular weight is 211 g/mol. The van der Waals surface area contributed by atoms with Crippen molar-refractivity contribution in [3.05, 3.63) is 22.4 Å². The summed E-state index contributed by atoms with van der Waals surface area (Å²) in [7, 11) is 1.77. The molecule has 0 amide bonds. The molecule has 14 heavy (non-hydrogen) atoms. The lowest BCUT2D eigenvalue weighted by Crippen LogP contribution is -2.25. The molecule has 2 nitrogen and oxygen atoms in total. The van der Waals surface area contributed by atoms with Crippen LogP contribution in [-0.2, 0) is 11.2 Å². The highest BCUT2D eigenvalue weighted by molar-refractivity contribution is 7.09. The highest BCUT2D eigenvalue weighted by Gasteiger charge is 2.23. The molecule has 2 atom stereocenters. The van der Waals surface area contributed by atoms with E-state index in [9.17, 15) is 0 Å². The lowest BCUT2D eigenvalue weighted by Gasteiger charge is -2.08. The SMILES string of the molecule is COCC1CC(Cc2cccs2)CN1. The predicted octanol–water partition coefficient (Wildman–Crippen LogP) is 1.92. The molecule has 2 heterocycles. The van der Waals surface area contributed by atoms with Gasteiger partial charge in [0, 0.05) is 18.0 Å². The smallest absolute Gasteiger partial charge is 0.0615 e. The van der Waals surface area contributed by atoms with E-state index in [1.54, 1.807) is 7.11 Å². The molecule has 0 saturated carbocycles. The van der Waals surface area contributed by atoms with Gasteiger partial charge in [0.2, 0.25) is 0 Å². The molecule has 1 N–H and O–H groups in total. The van der Waals surface area contributed by atoms with Crippen molar-refractivity contribution in [2.75, 3.05) is 20.3 Å². The fourth-order valence-electron chi connectivity index (χ4n) is 2.10. The van der Waals surface area contributed by atoms with Gasteiger partial charge in [0.1, 0.15) is 0 Å². The van der Waals surface area contributed by atoms with Crippen LogP contribution in [0.1, 0.15) is 11.3 Å². The number of methoxy groups -OCH3 is 1. The van der Waals surface area contributed by atoms with Gasteiger partial charge < -0.3 is 10.1 Å². The molecule has 1 aliphatic rings. The standard InChI is InChI=1S/C11H17NOS/c1-13-8-10-5-9(7-12-10)6-11-3-2-4-14-11/h2-4,9-10,12H,5-8H2,1H3. The Morgan fingerprint density at radius 1 is 1.64 bits per heavy atom. The largest absolute Gasteiger partial charge is 0.383 e. The Balaban J connectivity index is 1.79. The first-order chi connectivity index (χ1) is 6.88. The molecule has 0 aromatic carbocycles. The maximum absolute atomic E-state index is 5.15. The van der Waals surface area contributed by atoms with Crippen molar-refractivity contribution in [1.82, 2.24) is 5.32 Å². The van der Waals surface area contributed by atoms with Crippen LogP contribution < -0.4 is 5.32 Å². The minimum atomic E-state index is 0.574. The van der Waals surface area contributed by atoms with E-state index in [1.807, 2.05) is 11.3 Å². The van der Waals surface area contributed by atoms with Crippen molar-refractivity contribution in [1.29, 1.82) is 0 Å². The molecule has 2 unspecified atom stereocenters. The van der Waals surface area contributed by atoms with Gasteiger partial charge in [-0.1, -0.05) is 6.07 Å².